The zero-order valence-electron chi connectivity index (χ0n) is 6.15. The van der Waals surface area contributed by atoms with Crippen molar-refractivity contribution in [2.45, 2.75) is 37.5 Å². The normalized spacial score (nSPS) is 32.0. The molecule has 1 fully saturated rings. The lowest BCUT2D eigenvalue weighted by atomic mass is 10.0. The summed E-state index contributed by atoms with van der Waals surface area (Å²) in [5, 5.41) is 0.433. The van der Waals surface area contributed by atoms with Gasteiger partial charge in [-0.15, -0.1) is 23.9 Å². The molecule has 2 atom stereocenters. The van der Waals surface area contributed by atoms with Crippen molar-refractivity contribution >= 4 is 11.6 Å². The van der Waals surface area contributed by atoms with E-state index in [1.54, 1.807) is 0 Å². The fraction of sp³-hybridized carbons (Fsp3) is 0.778. The van der Waals surface area contributed by atoms with Crippen molar-refractivity contribution < 1.29 is 0 Å². The van der Waals surface area contributed by atoms with Crippen molar-refractivity contribution in [3.05, 3.63) is 0 Å². The number of halogens is 1. The molecule has 0 aromatic heterocycles. The van der Waals surface area contributed by atoms with Crippen LogP contribution in [0.1, 0.15) is 32.1 Å². The second kappa shape index (κ2) is 3.88. The molecule has 56 valence electrons. The third-order valence-electron chi connectivity index (χ3n) is 2.17. The third-order valence-corrected chi connectivity index (χ3v) is 2.57. The van der Waals surface area contributed by atoms with Crippen LogP contribution in [0.5, 0.6) is 0 Å². The maximum Gasteiger partial charge on any atom is 0.0338 e. The Kier molecular flexibility index (Phi) is 3.09. The lowest BCUT2D eigenvalue weighted by Crippen LogP contribution is -1.94. The van der Waals surface area contributed by atoms with Crippen LogP contribution in [0.2, 0.25) is 0 Å². The lowest BCUT2D eigenvalue weighted by molar-refractivity contribution is 0.513. The van der Waals surface area contributed by atoms with Crippen molar-refractivity contribution in [3.63, 3.8) is 0 Å². The molecule has 1 saturated carbocycles. The first-order valence-electron chi connectivity index (χ1n) is 3.90. The van der Waals surface area contributed by atoms with Gasteiger partial charge in [0, 0.05) is 11.8 Å². The highest BCUT2D eigenvalue weighted by Gasteiger charge is 2.21. The molecule has 0 aliphatic heterocycles. The summed E-state index contributed by atoms with van der Waals surface area (Å²) >= 11 is 5.93. The molecule has 2 unspecified atom stereocenters. The van der Waals surface area contributed by atoms with Crippen LogP contribution in [0.25, 0.3) is 0 Å². The molecule has 1 aliphatic carbocycles. The van der Waals surface area contributed by atoms with Crippen molar-refractivity contribution in [2.75, 3.05) is 0 Å². The molecule has 0 bridgehead atoms. The van der Waals surface area contributed by atoms with Gasteiger partial charge in [0.1, 0.15) is 0 Å². The van der Waals surface area contributed by atoms with Crippen molar-refractivity contribution in [2.24, 2.45) is 5.92 Å². The standard InChI is InChI=1S/C9H13Cl/c1-2-3-4-8-5-6-9(10)7-8/h1,8-9H,3-7H2. The van der Waals surface area contributed by atoms with Gasteiger partial charge in [-0.05, 0) is 31.6 Å². The number of alkyl halides is 1. The van der Waals surface area contributed by atoms with Gasteiger partial charge in [0.05, 0.1) is 0 Å². The van der Waals surface area contributed by atoms with Gasteiger partial charge in [0.2, 0.25) is 0 Å². The molecular formula is C9H13Cl. The molecule has 0 amide bonds. The van der Waals surface area contributed by atoms with Gasteiger partial charge in [0.15, 0.2) is 0 Å². The largest absolute Gasteiger partial charge is 0.123 e. The first kappa shape index (κ1) is 7.95. The summed E-state index contributed by atoms with van der Waals surface area (Å²) in [6.07, 6.45) is 10.9. The summed E-state index contributed by atoms with van der Waals surface area (Å²) in [6.45, 7) is 0. The van der Waals surface area contributed by atoms with E-state index in [4.69, 9.17) is 18.0 Å². The van der Waals surface area contributed by atoms with Gasteiger partial charge in [-0.2, -0.15) is 0 Å². The summed E-state index contributed by atoms with van der Waals surface area (Å²) < 4.78 is 0. The quantitative estimate of drug-likeness (QED) is 0.426. The number of terminal acetylenes is 1. The van der Waals surface area contributed by atoms with Crippen LogP contribution in [0.3, 0.4) is 0 Å². The molecule has 1 aliphatic rings. The topological polar surface area (TPSA) is 0 Å². The first-order valence-corrected chi connectivity index (χ1v) is 4.34. The molecule has 0 saturated heterocycles. The minimum atomic E-state index is 0.433. The molecule has 0 nitrogen and oxygen atoms in total. The van der Waals surface area contributed by atoms with Crippen molar-refractivity contribution in [1.29, 1.82) is 0 Å². The van der Waals surface area contributed by atoms with Crippen LogP contribution in [0.15, 0.2) is 0 Å². The van der Waals surface area contributed by atoms with Crippen LogP contribution < -0.4 is 0 Å². The second-order valence-corrected chi connectivity index (χ2v) is 3.64. The van der Waals surface area contributed by atoms with Crippen LogP contribution in [0.4, 0.5) is 0 Å². The van der Waals surface area contributed by atoms with Crippen LogP contribution >= 0.6 is 11.6 Å². The Bertz CT molecular complexity index is 134. The second-order valence-electron chi connectivity index (χ2n) is 3.02. The Labute approximate surface area is 68.0 Å². The monoisotopic (exact) mass is 156 g/mol. The Morgan fingerprint density at radius 3 is 2.80 bits per heavy atom. The van der Waals surface area contributed by atoms with Gasteiger partial charge < -0.3 is 0 Å². The van der Waals surface area contributed by atoms with E-state index in [1.165, 1.54) is 25.7 Å². The highest BCUT2D eigenvalue weighted by molar-refractivity contribution is 6.20. The summed E-state index contributed by atoms with van der Waals surface area (Å²) in [6, 6.07) is 0. The molecule has 0 spiro atoms. The summed E-state index contributed by atoms with van der Waals surface area (Å²) in [5.74, 6) is 3.48. The predicted octanol–water partition coefficient (Wildman–Crippen LogP) is 2.81. The van der Waals surface area contributed by atoms with Crippen molar-refractivity contribution in [1.82, 2.24) is 0 Å². The number of hydrogen-bond acceptors (Lipinski definition) is 0. The number of hydrogen-bond donors (Lipinski definition) is 0. The predicted molar refractivity (Wildman–Crippen MR) is 45.0 cm³/mol. The highest BCUT2D eigenvalue weighted by atomic mass is 35.5. The molecule has 0 N–H and O–H groups in total. The van der Waals surface area contributed by atoms with E-state index in [-0.39, 0.29) is 0 Å². The zero-order chi connectivity index (χ0) is 7.40. The minimum absolute atomic E-state index is 0.433. The van der Waals surface area contributed by atoms with E-state index in [9.17, 15) is 0 Å². The van der Waals surface area contributed by atoms with E-state index in [0.717, 1.165) is 12.3 Å². The van der Waals surface area contributed by atoms with E-state index >= 15 is 0 Å². The molecule has 10 heavy (non-hydrogen) atoms. The zero-order valence-corrected chi connectivity index (χ0v) is 6.90. The van der Waals surface area contributed by atoms with E-state index in [2.05, 4.69) is 5.92 Å². The molecule has 0 aromatic rings. The molecular weight excluding hydrogens is 144 g/mol. The molecule has 0 heterocycles. The fourth-order valence-electron chi connectivity index (χ4n) is 1.56. The van der Waals surface area contributed by atoms with Crippen LogP contribution in [-0.4, -0.2) is 5.38 Å². The van der Waals surface area contributed by atoms with Crippen LogP contribution in [-0.2, 0) is 0 Å². The number of rotatable bonds is 2. The molecule has 0 radical (unpaired) electrons. The highest BCUT2D eigenvalue weighted by Crippen LogP contribution is 2.32. The van der Waals surface area contributed by atoms with Gasteiger partial charge in [-0.3, -0.25) is 0 Å². The Morgan fingerprint density at radius 2 is 2.30 bits per heavy atom. The smallest absolute Gasteiger partial charge is 0.0338 e. The van der Waals surface area contributed by atoms with Crippen LogP contribution in [0, 0.1) is 18.3 Å². The minimum Gasteiger partial charge on any atom is -0.123 e. The summed E-state index contributed by atoms with van der Waals surface area (Å²) in [5.41, 5.74) is 0. The lowest BCUT2D eigenvalue weighted by Gasteiger charge is -2.04. The first-order chi connectivity index (χ1) is 4.83. The third kappa shape index (κ3) is 2.23. The van der Waals surface area contributed by atoms with Gasteiger partial charge in [-0.25, -0.2) is 0 Å². The Hall–Kier alpha value is -0.150. The van der Waals surface area contributed by atoms with Gasteiger partial charge >= 0.3 is 0 Å². The molecule has 0 aromatic carbocycles. The fourth-order valence-corrected chi connectivity index (χ4v) is 1.94. The van der Waals surface area contributed by atoms with Gasteiger partial charge in [-0.1, -0.05) is 0 Å². The van der Waals surface area contributed by atoms with Gasteiger partial charge in [0.25, 0.3) is 0 Å². The average Bonchev–Trinajstić information content (AvgIpc) is 2.31. The molecule has 1 heteroatoms. The Morgan fingerprint density at radius 1 is 1.50 bits per heavy atom. The van der Waals surface area contributed by atoms with E-state index in [0.29, 0.717) is 5.38 Å². The maximum absolute atomic E-state index is 5.93. The summed E-state index contributed by atoms with van der Waals surface area (Å²) in [4.78, 5) is 0. The molecule has 1 rings (SSSR count). The average molecular weight is 157 g/mol. The maximum atomic E-state index is 5.93. The van der Waals surface area contributed by atoms with E-state index < -0.39 is 0 Å². The van der Waals surface area contributed by atoms with E-state index in [1.807, 2.05) is 0 Å². The Balaban J connectivity index is 2.14. The SMILES string of the molecule is C#CCCC1CCC(Cl)C1. The summed E-state index contributed by atoms with van der Waals surface area (Å²) in [7, 11) is 0. The van der Waals surface area contributed by atoms with Crippen molar-refractivity contribution in [3.8, 4) is 12.3 Å².